The summed E-state index contributed by atoms with van der Waals surface area (Å²) in [5.41, 5.74) is 2.81. The molecule has 0 aliphatic carbocycles. The van der Waals surface area contributed by atoms with Gasteiger partial charge in [-0.2, -0.15) is 0 Å². The van der Waals surface area contributed by atoms with E-state index in [1.54, 1.807) is 0 Å². The van der Waals surface area contributed by atoms with Crippen molar-refractivity contribution < 1.29 is 4.79 Å². The topological polar surface area (TPSA) is 41.1 Å². The number of anilines is 2. The van der Waals surface area contributed by atoms with E-state index in [-0.39, 0.29) is 11.9 Å². The summed E-state index contributed by atoms with van der Waals surface area (Å²) in [4.78, 5) is 11.9. The molecule has 96 valence electrons. The van der Waals surface area contributed by atoms with Gasteiger partial charge < -0.3 is 10.6 Å². The van der Waals surface area contributed by atoms with Gasteiger partial charge >= 0.3 is 0 Å². The molecule has 19 heavy (non-hydrogen) atoms. The van der Waals surface area contributed by atoms with Gasteiger partial charge in [0.2, 0.25) is 5.91 Å². The summed E-state index contributed by atoms with van der Waals surface area (Å²) in [5.74, 6) is 0.0115. The Hall–Kier alpha value is -2.00. The van der Waals surface area contributed by atoms with E-state index in [2.05, 4.69) is 10.6 Å². The highest BCUT2D eigenvalue weighted by atomic mass is 35.5. The monoisotopic (exact) mass is 272 g/mol. The first-order valence-electron chi connectivity index (χ1n) is 6.13. The van der Waals surface area contributed by atoms with Crippen molar-refractivity contribution in [1.82, 2.24) is 0 Å². The number of rotatable bonds is 1. The molecule has 0 spiro atoms. The number of hydrogen-bond donors (Lipinski definition) is 2. The number of benzene rings is 2. The van der Waals surface area contributed by atoms with Crippen LogP contribution in [0.5, 0.6) is 0 Å². The van der Waals surface area contributed by atoms with E-state index in [9.17, 15) is 4.79 Å². The molecule has 2 N–H and O–H groups in total. The average molecular weight is 273 g/mol. The Morgan fingerprint density at radius 1 is 1.00 bits per heavy atom. The number of carbonyl (C=O) groups is 1. The minimum Gasteiger partial charge on any atom is -0.376 e. The number of para-hydroxylation sites is 2. The molecule has 1 aliphatic heterocycles. The lowest BCUT2D eigenvalue weighted by molar-refractivity contribution is -0.116. The van der Waals surface area contributed by atoms with Crippen LogP contribution in [0.4, 0.5) is 11.4 Å². The lowest BCUT2D eigenvalue weighted by Gasteiger charge is -2.17. The molecule has 0 radical (unpaired) electrons. The summed E-state index contributed by atoms with van der Waals surface area (Å²) in [6.45, 7) is 0. The summed E-state index contributed by atoms with van der Waals surface area (Å²) in [7, 11) is 0. The van der Waals surface area contributed by atoms with Crippen molar-refractivity contribution in [2.45, 2.75) is 12.5 Å². The van der Waals surface area contributed by atoms with Crippen molar-refractivity contribution in [3.8, 4) is 0 Å². The predicted molar refractivity (Wildman–Crippen MR) is 77.5 cm³/mol. The first-order chi connectivity index (χ1) is 9.22. The van der Waals surface area contributed by atoms with Gasteiger partial charge in [0.1, 0.15) is 0 Å². The van der Waals surface area contributed by atoms with Gasteiger partial charge in [-0.25, -0.2) is 0 Å². The highest BCUT2D eigenvalue weighted by Crippen LogP contribution is 2.31. The van der Waals surface area contributed by atoms with Crippen LogP contribution < -0.4 is 10.6 Å². The molecule has 2 aromatic rings. The summed E-state index contributed by atoms with van der Waals surface area (Å²) < 4.78 is 0. The quantitative estimate of drug-likeness (QED) is 0.828. The molecule has 0 fully saturated rings. The average Bonchev–Trinajstić information content (AvgIpc) is 2.57. The van der Waals surface area contributed by atoms with Gasteiger partial charge in [0, 0.05) is 5.02 Å². The van der Waals surface area contributed by atoms with E-state index in [4.69, 9.17) is 11.6 Å². The maximum atomic E-state index is 11.9. The fourth-order valence-electron chi connectivity index (χ4n) is 2.24. The van der Waals surface area contributed by atoms with Gasteiger partial charge in [-0.3, -0.25) is 4.79 Å². The zero-order chi connectivity index (χ0) is 13.2. The van der Waals surface area contributed by atoms with Crippen LogP contribution in [0.1, 0.15) is 18.0 Å². The smallest absolute Gasteiger partial charge is 0.226 e. The molecule has 1 atom stereocenters. The van der Waals surface area contributed by atoms with Gasteiger partial charge in [-0.05, 0) is 29.8 Å². The Labute approximate surface area is 116 Å². The van der Waals surface area contributed by atoms with Crippen molar-refractivity contribution in [3.63, 3.8) is 0 Å². The van der Waals surface area contributed by atoms with Crippen molar-refractivity contribution in [1.29, 1.82) is 0 Å². The molecular weight excluding hydrogens is 260 g/mol. The highest BCUT2D eigenvalue weighted by Gasteiger charge is 2.21. The number of carbonyl (C=O) groups excluding carboxylic acids is 1. The van der Waals surface area contributed by atoms with E-state index >= 15 is 0 Å². The van der Waals surface area contributed by atoms with Crippen LogP contribution >= 0.6 is 11.6 Å². The van der Waals surface area contributed by atoms with Crippen LogP contribution in [-0.2, 0) is 4.79 Å². The molecule has 1 amide bonds. The van der Waals surface area contributed by atoms with Crippen LogP contribution in [0.2, 0.25) is 5.02 Å². The molecule has 0 bridgehead atoms. The molecule has 1 aliphatic rings. The second kappa shape index (κ2) is 4.94. The molecule has 0 saturated carbocycles. The van der Waals surface area contributed by atoms with Crippen LogP contribution in [0.25, 0.3) is 0 Å². The molecule has 0 aromatic heterocycles. The molecule has 3 rings (SSSR count). The van der Waals surface area contributed by atoms with E-state index in [1.165, 1.54) is 0 Å². The fraction of sp³-hybridized carbons (Fsp3) is 0.133. The maximum absolute atomic E-state index is 11.9. The second-order valence-corrected chi connectivity index (χ2v) is 4.98. The summed E-state index contributed by atoms with van der Waals surface area (Å²) in [6, 6.07) is 15.2. The number of halogens is 1. The van der Waals surface area contributed by atoms with E-state index in [0.717, 1.165) is 16.9 Å². The summed E-state index contributed by atoms with van der Waals surface area (Å²) in [6.07, 6.45) is 0.399. The first-order valence-corrected chi connectivity index (χ1v) is 6.51. The molecule has 0 unspecified atom stereocenters. The first kappa shape index (κ1) is 12.1. The molecule has 1 heterocycles. The third-order valence-corrected chi connectivity index (χ3v) is 3.44. The normalized spacial score (nSPS) is 17.9. The van der Waals surface area contributed by atoms with Gasteiger partial charge in [0.25, 0.3) is 0 Å². The van der Waals surface area contributed by atoms with E-state index < -0.39 is 0 Å². The Bertz CT molecular complexity index is 610. The second-order valence-electron chi connectivity index (χ2n) is 4.55. The molecule has 0 saturated heterocycles. The van der Waals surface area contributed by atoms with Crippen molar-refractivity contribution in [2.75, 3.05) is 10.6 Å². The van der Waals surface area contributed by atoms with Gasteiger partial charge in [-0.15, -0.1) is 0 Å². The molecule has 4 heteroatoms. The molecule has 3 nitrogen and oxygen atoms in total. The highest BCUT2D eigenvalue weighted by molar-refractivity contribution is 6.30. The lowest BCUT2D eigenvalue weighted by Crippen LogP contribution is -2.15. The summed E-state index contributed by atoms with van der Waals surface area (Å²) in [5, 5.41) is 7.00. The number of amides is 1. The van der Waals surface area contributed by atoms with Crippen LogP contribution in [-0.4, -0.2) is 5.91 Å². The van der Waals surface area contributed by atoms with Crippen LogP contribution in [0.3, 0.4) is 0 Å². The third-order valence-electron chi connectivity index (χ3n) is 3.19. The zero-order valence-corrected chi connectivity index (χ0v) is 10.9. The minimum absolute atomic E-state index is 0.0115. The SMILES string of the molecule is O=C1C[C@H](c2ccc(Cl)cc2)Nc2ccccc2N1. The predicted octanol–water partition coefficient (Wildman–Crippen LogP) is 3.84. The van der Waals surface area contributed by atoms with Crippen molar-refractivity contribution >= 4 is 28.9 Å². The Balaban J connectivity index is 1.95. The number of hydrogen-bond acceptors (Lipinski definition) is 2. The third kappa shape index (κ3) is 2.56. The Morgan fingerprint density at radius 3 is 2.42 bits per heavy atom. The zero-order valence-electron chi connectivity index (χ0n) is 10.2. The minimum atomic E-state index is -0.0408. The largest absolute Gasteiger partial charge is 0.376 e. The lowest BCUT2D eigenvalue weighted by atomic mass is 10.0. The van der Waals surface area contributed by atoms with Crippen LogP contribution in [0.15, 0.2) is 48.5 Å². The Kier molecular flexibility index (Phi) is 3.13. The molecular formula is C15H13ClN2O. The maximum Gasteiger partial charge on any atom is 0.226 e. The van der Waals surface area contributed by atoms with Gasteiger partial charge in [0.15, 0.2) is 0 Å². The van der Waals surface area contributed by atoms with Crippen molar-refractivity contribution in [3.05, 3.63) is 59.1 Å². The number of nitrogens with one attached hydrogen (secondary N) is 2. The Morgan fingerprint density at radius 2 is 1.68 bits per heavy atom. The standard InChI is InChI=1S/C15H13ClN2O/c16-11-7-5-10(6-8-11)14-9-15(19)18-13-4-2-1-3-12(13)17-14/h1-8,14,17H,9H2,(H,18,19)/t14-/m1/s1. The molecule has 2 aromatic carbocycles. The van der Waals surface area contributed by atoms with E-state index in [0.29, 0.717) is 11.4 Å². The van der Waals surface area contributed by atoms with Crippen LogP contribution in [0, 0.1) is 0 Å². The van der Waals surface area contributed by atoms with Gasteiger partial charge in [-0.1, -0.05) is 35.9 Å². The van der Waals surface area contributed by atoms with Crippen molar-refractivity contribution in [2.24, 2.45) is 0 Å². The van der Waals surface area contributed by atoms with Gasteiger partial charge in [0.05, 0.1) is 23.8 Å². The fourth-order valence-corrected chi connectivity index (χ4v) is 2.37. The van der Waals surface area contributed by atoms with E-state index in [1.807, 2.05) is 48.5 Å². The number of fused-ring (bicyclic) bond motifs is 1. The summed E-state index contributed by atoms with van der Waals surface area (Å²) >= 11 is 5.89.